The maximum absolute atomic E-state index is 11.7. The summed E-state index contributed by atoms with van der Waals surface area (Å²) in [5.41, 5.74) is 7.29. The predicted molar refractivity (Wildman–Crippen MR) is 124 cm³/mol. The molecule has 2 fully saturated rings. The number of carbonyl (C=O) groups is 1. The van der Waals surface area contributed by atoms with Crippen LogP contribution >= 0.6 is 12.4 Å². The zero-order valence-electron chi connectivity index (χ0n) is 17.7. The quantitative estimate of drug-likeness (QED) is 0.713. The Morgan fingerprint density at radius 2 is 1.87 bits per heavy atom. The van der Waals surface area contributed by atoms with E-state index in [1.807, 2.05) is 0 Å². The van der Waals surface area contributed by atoms with Gasteiger partial charge in [0.1, 0.15) is 0 Å². The van der Waals surface area contributed by atoms with Crippen LogP contribution in [0.4, 0.5) is 5.69 Å². The topological polar surface area (TPSA) is 32.3 Å². The van der Waals surface area contributed by atoms with Crippen molar-refractivity contribution in [3.05, 3.63) is 64.7 Å². The molecule has 0 aromatic heterocycles. The van der Waals surface area contributed by atoms with Gasteiger partial charge in [-0.1, -0.05) is 43.2 Å². The molecule has 1 amide bonds. The monoisotopic (exact) mass is 422 g/mol. The van der Waals surface area contributed by atoms with Gasteiger partial charge >= 0.3 is 0 Å². The smallest absolute Gasteiger partial charge is 0.221 e. The first-order chi connectivity index (χ1) is 14.1. The van der Waals surface area contributed by atoms with Gasteiger partial charge in [0.15, 0.2) is 0 Å². The summed E-state index contributed by atoms with van der Waals surface area (Å²) < 4.78 is 0. The first-order valence-corrected chi connectivity index (χ1v) is 11.4. The molecular formula is C26H31ClN2O. The molecule has 3 aliphatic carbocycles. The Bertz CT molecular complexity index is 983. The number of likely N-dealkylation sites (tertiary alicyclic amines) is 1. The van der Waals surface area contributed by atoms with Crippen LogP contribution < -0.4 is 5.32 Å². The van der Waals surface area contributed by atoms with Crippen molar-refractivity contribution in [2.24, 2.45) is 5.92 Å². The van der Waals surface area contributed by atoms with Crippen molar-refractivity contribution < 1.29 is 4.79 Å². The number of nitrogens with one attached hydrogen (secondary N) is 1. The van der Waals surface area contributed by atoms with Crippen LogP contribution in [-0.2, 0) is 10.2 Å². The molecule has 2 aromatic carbocycles. The number of hydrogen-bond acceptors (Lipinski definition) is 2. The predicted octanol–water partition coefficient (Wildman–Crippen LogP) is 5.44. The van der Waals surface area contributed by atoms with Gasteiger partial charge in [0.25, 0.3) is 0 Å². The highest BCUT2D eigenvalue weighted by molar-refractivity contribution is 5.89. The number of hydrogen-bond donors (Lipinski definition) is 1. The van der Waals surface area contributed by atoms with Gasteiger partial charge < -0.3 is 10.2 Å². The van der Waals surface area contributed by atoms with Gasteiger partial charge in [0.05, 0.1) is 0 Å². The van der Waals surface area contributed by atoms with Crippen LogP contribution in [0, 0.1) is 5.92 Å². The molecule has 4 aliphatic rings. The van der Waals surface area contributed by atoms with Crippen molar-refractivity contribution in [2.45, 2.75) is 56.3 Å². The maximum Gasteiger partial charge on any atom is 0.221 e. The molecule has 3 atom stereocenters. The summed E-state index contributed by atoms with van der Waals surface area (Å²) in [6.07, 6.45) is 6.89. The van der Waals surface area contributed by atoms with Crippen molar-refractivity contribution in [3.63, 3.8) is 0 Å². The summed E-state index contributed by atoms with van der Waals surface area (Å²) in [5, 5.41) is 3.03. The second kappa shape index (κ2) is 7.39. The van der Waals surface area contributed by atoms with Crippen molar-refractivity contribution in [3.8, 4) is 0 Å². The van der Waals surface area contributed by atoms with Gasteiger partial charge in [-0.2, -0.15) is 0 Å². The van der Waals surface area contributed by atoms with Crippen LogP contribution in [0.2, 0.25) is 0 Å². The highest BCUT2D eigenvalue weighted by Gasteiger charge is 2.58. The Balaban J connectivity index is 0.00000193. The fourth-order valence-corrected chi connectivity index (χ4v) is 7.16. The molecule has 30 heavy (non-hydrogen) atoms. The largest absolute Gasteiger partial charge is 0.326 e. The molecule has 3 unspecified atom stereocenters. The standard InChI is InChI=1S/C26H30N2O.ClH/c1-17(29)27-19-10-11-22-23-13-26(24(22)12-19)16-28(14-18-6-2-3-7-18)15-25(26)21-9-5-4-8-20(21)23;/h4-5,8-12,18,23,25H,2-3,6-7,13-16H2,1H3,(H,27,29);1H. The first kappa shape index (κ1) is 20.1. The summed E-state index contributed by atoms with van der Waals surface area (Å²) in [4.78, 5) is 14.4. The molecule has 1 N–H and O–H groups in total. The molecule has 158 valence electrons. The van der Waals surface area contributed by atoms with Crippen LogP contribution in [0.1, 0.15) is 73.1 Å². The fraction of sp³-hybridized carbons (Fsp3) is 0.500. The summed E-state index contributed by atoms with van der Waals surface area (Å²) in [6, 6.07) is 15.9. The lowest BCUT2D eigenvalue weighted by Gasteiger charge is -2.37. The molecule has 1 saturated carbocycles. The molecule has 6 rings (SSSR count). The van der Waals surface area contributed by atoms with Crippen LogP contribution in [0.25, 0.3) is 0 Å². The minimum Gasteiger partial charge on any atom is -0.326 e. The Labute approximate surface area is 185 Å². The van der Waals surface area contributed by atoms with Crippen molar-refractivity contribution >= 4 is 24.0 Å². The summed E-state index contributed by atoms with van der Waals surface area (Å²) in [7, 11) is 0. The van der Waals surface area contributed by atoms with Crippen molar-refractivity contribution in [2.75, 3.05) is 25.0 Å². The Kier molecular flexibility index (Phi) is 4.95. The van der Waals surface area contributed by atoms with Gasteiger partial charge in [-0.15, -0.1) is 12.4 Å². The van der Waals surface area contributed by atoms with Gasteiger partial charge in [0.2, 0.25) is 5.91 Å². The number of halogens is 1. The molecule has 0 radical (unpaired) electrons. The minimum absolute atomic E-state index is 0. The number of carbonyl (C=O) groups excluding carboxylic acids is 1. The van der Waals surface area contributed by atoms with E-state index >= 15 is 0 Å². The third kappa shape index (κ3) is 2.93. The lowest BCUT2D eigenvalue weighted by atomic mass is 9.65. The average molecular weight is 423 g/mol. The normalized spacial score (nSPS) is 29.1. The zero-order valence-corrected chi connectivity index (χ0v) is 18.5. The number of amides is 1. The highest BCUT2D eigenvalue weighted by Crippen LogP contribution is 2.63. The Morgan fingerprint density at radius 3 is 2.63 bits per heavy atom. The van der Waals surface area contributed by atoms with E-state index in [0.717, 1.165) is 11.6 Å². The molecule has 1 spiro atoms. The van der Waals surface area contributed by atoms with E-state index in [9.17, 15) is 4.79 Å². The van der Waals surface area contributed by atoms with E-state index in [2.05, 4.69) is 52.7 Å². The van der Waals surface area contributed by atoms with Crippen molar-refractivity contribution in [1.82, 2.24) is 4.90 Å². The van der Waals surface area contributed by atoms with Crippen LogP contribution in [0.15, 0.2) is 42.5 Å². The molecule has 1 aliphatic heterocycles. The third-order valence-electron chi connectivity index (χ3n) is 8.21. The summed E-state index contributed by atoms with van der Waals surface area (Å²) in [5.74, 6) is 1.99. The average Bonchev–Trinajstić information content (AvgIpc) is 3.41. The van der Waals surface area contributed by atoms with Gasteiger partial charge in [-0.05, 0) is 59.6 Å². The Morgan fingerprint density at radius 1 is 1.10 bits per heavy atom. The van der Waals surface area contributed by atoms with Crippen LogP contribution in [0.3, 0.4) is 0 Å². The fourth-order valence-electron chi connectivity index (χ4n) is 7.16. The number of benzene rings is 2. The molecule has 1 saturated heterocycles. The minimum atomic E-state index is 0. The van der Waals surface area contributed by atoms with Gasteiger partial charge in [-0.25, -0.2) is 0 Å². The first-order valence-electron chi connectivity index (χ1n) is 11.4. The summed E-state index contributed by atoms with van der Waals surface area (Å²) in [6.45, 7) is 5.23. The number of fused-ring (bicyclic) bond motifs is 3. The van der Waals surface area contributed by atoms with Gasteiger partial charge in [0, 0.05) is 49.5 Å². The summed E-state index contributed by atoms with van der Waals surface area (Å²) >= 11 is 0. The Hall–Kier alpha value is -1.84. The molecular weight excluding hydrogens is 392 g/mol. The zero-order chi connectivity index (χ0) is 19.6. The van der Waals surface area contributed by atoms with Gasteiger partial charge in [-0.3, -0.25) is 4.79 Å². The molecule has 2 aromatic rings. The van der Waals surface area contributed by atoms with Crippen molar-refractivity contribution in [1.29, 1.82) is 0 Å². The molecule has 2 bridgehead atoms. The molecule has 1 heterocycles. The molecule has 4 heteroatoms. The SMILES string of the molecule is CC(=O)Nc1ccc2c(c1)C13CC2c2ccccc2C1CN(CC1CCCC1)C3.Cl. The molecule has 3 nitrogen and oxygen atoms in total. The number of anilines is 1. The number of nitrogens with zero attached hydrogens (tertiary/aromatic N) is 1. The lowest BCUT2D eigenvalue weighted by molar-refractivity contribution is -0.114. The second-order valence-corrected chi connectivity index (χ2v) is 9.92. The second-order valence-electron chi connectivity index (χ2n) is 9.92. The lowest BCUT2D eigenvalue weighted by Crippen LogP contribution is -2.35. The van der Waals surface area contributed by atoms with E-state index in [4.69, 9.17) is 0 Å². The van der Waals surface area contributed by atoms with E-state index < -0.39 is 0 Å². The highest BCUT2D eigenvalue weighted by atomic mass is 35.5. The van der Waals surface area contributed by atoms with E-state index in [1.54, 1.807) is 18.1 Å². The van der Waals surface area contributed by atoms with E-state index in [-0.39, 0.29) is 23.7 Å². The van der Waals surface area contributed by atoms with Crippen LogP contribution in [0.5, 0.6) is 0 Å². The third-order valence-corrected chi connectivity index (χ3v) is 8.21. The van der Waals surface area contributed by atoms with Crippen LogP contribution in [-0.4, -0.2) is 30.4 Å². The van der Waals surface area contributed by atoms with E-state index in [0.29, 0.717) is 11.8 Å². The maximum atomic E-state index is 11.7. The number of rotatable bonds is 3. The van der Waals surface area contributed by atoms with E-state index in [1.165, 1.54) is 62.9 Å².